The highest BCUT2D eigenvalue weighted by Crippen LogP contribution is 2.39. The molecule has 0 bridgehead atoms. The zero-order valence-electron chi connectivity index (χ0n) is 14.3. The van der Waals surface area contributed by atoms with E-state index in [1.54, 1.807) is 18.2 Å². The van der Waals surface area contributed by atoms with Crippen molar-refractivity contribution in [1.29, 1.82) is 0 Å². The van der Waals surface area contributed by atoms with Crippen LogP contribution in [0.3, 0.4) is 0 Å². The van der Waals surface area contributed by atoms with Crippen molar-refractivity contribution in [3.8, 4) is 0 Å². The lowest BCUT2D eigenvalue weighted by Gasteiger charge is -2.37. The first-order chi connectivity index (χ1) is 10.4. The molecular formula is C17H24O4SSi. The highest BCUT2D eigenvalue weighted by atomic mass is 32.2. The fraction of sp³-hybridized carbons (Fsp3) is 0.471. The largest absolute Gasteiger partial charge is 0.410 e. The summed E-state index contributed by atoms with van der Waals surface area (Å²) < 4.78 is 31.4. The minimum atomic E-state index is -3.76. The van der Waals surface area contributed by atoms with Crippen molar-refractivity contribution in [2.45, 2.75) is 56.3 Å². The molecule has 0 saturated heterocycles. The maximum absolute atomic E-state index is 12.6. The molecule has 4 nitrogen and oxygen atoms in total. The van der Waals surface area contributed by atoms with Crippen LogP contribution in [0.1, 0.15) is 27.2 Å². The van der Waals surface area contributed by atoms with E-state index >= 15 is 0 Å². The van der Waals surface area contributed by atoms with E-state index in [2.05, 4.69) is 33.9 Å². The molecule has 0 fully saturated rings. The van der Waals surface area contributed by atoms with Crippen molar-refractivity contribution in [2.24, 2.45) is 0 Å². The molecule has 0 aliphatic heterocycles. The van der Waals surface area contributed by atoms with E-state index in [0.29, 0.717) is 0 Å². The number of carbonyl (C=O) groups is 1. The zero-order valence-corrected chi connectivity index (χ0v) is 16.1. The number of Topliss-reactive ketones (excluding diaryl/α,β-unsaturated/α-hetero) is 1. The normalized spacial score (nSPS) is 19.8. The van der Waals surface area contributed by atoms with Crippen molar-refractivity contribution in [1.82, 2.24) is 0 Å². The van der Waals surface area contributed by atoms with Crippen LogP contribution in [0.5, 0.6) is 0 Å². The Bertz CT molecular complexity index is 728. The molecule has 1 unspecified atom stereocenters. The van der Waals surface area contributed by atoms with Gasteiger partial charge in [0.05, 0.1) is 11.0 Å². The molecule has 0 aromatic heterocycles. The van der Waals surface area contributed by atoms with Gasteiger partial charge in [0.2, 0.25) is 9.84 Å². The Morgan fingerprint density at radius 1 is 1.13 bits per heavy atom. The topological polar surface area (TPSA) is 60.4 Å². The highest BCUT2D eigenvalue weighted by Gasteiger charge is 2.42. The minimum Gasteiger partial charge on any atom is -0.410 e. The van der Waals surface area contributed by atoms with Gasteiger partial charge in [-0.1, -0.05) is 39.0 Å². The monoisotopic (exact) mass is 352 g/mol. The fourth-order valence-electron chi connectivity index (χ4n) is 2.20. The summed E-state index contributed by atoms with van der Waals surface area (Å²) in [5.41, 5.74) is 0. The summed E-state index contributed by atoms with van der Waals surface area (Å²) in [5.74, 6) is -0.363. The molecule has 126 valence electrons. The van der Waals surface area contributed by atoms with Crippen LogP contribution in [0.4, 0.5) is 0 Å². The van der Waals surface area contributed by atoms with E-state index < -0.39 is 24.3 Å². The third kappa shape index (κ3) is 3.65. The second kappa shape index (κ2) is 6.00. The molecule has 0 radical (unpaired) electrons. The summed E-state index contributed by atoms with van der Waals surface area (Å²) in [6.07, 6.45) is 1.15. The first kappa shape index (κ1) is 18.1. The fourth-order valence-corrected chi connectivity index (χ4v) is 4.95. The number of benzene rings is 1. The van der Waals surface area contributed by atoms with Crippen molar-refractivity contribution in [2.75, 3.05) is 0 Å². The lowest BCUT2D eigenvalue weighted by Crippen LogP contribution is -2.43. The van der Waals surface area contributed by atoms with Crippen LogP contribution in [0.2, 0.25) is 18.1 Å². The van der Waals surface area contributed by atoms with Gasteiger partial charge in [-0.2, -0.15) is 0 Å². The number of hydrogen-bond acceptors (Lipinski definition) is 4. The van der Waals surface area contributed by atoms with Gasteiger partial charge < -0.3 is 4.43 Å². The summed E-state index contributed by atoms with van der Waals surface area (Å²) in [4.78, 5) is 12.2. The third-order valence-corrected chi connectivity index (χ3v) is 10.9. The SMILES string of the molecule is CC(C)(C)[Si](C)(C)OC1C=C(S(=O)(=O)c2ccccc2)C(=O)C1. The molecule has 1 aromatic carbocycles. The lowest BCUT2D eigenvalue weighted by atomic mass is 10.2. The van der Waals surface area contributed by atoms with Crippen molar-refractivity contribution >= 4 is 23.9 Å². The average Bonchev–Trinajstić information content (AvgIpc) is 2.79. The Kier molecular flexibility index (Phi) is 4.72. The number of carbonyl (C=O) groups excluding carboxylic acids is 1. The predicted octanol–water partition coefficient (Wildman–Crippen LogP) is 3.71. The van der Waals surface area contributed by atoms with Gasteiger partial charge in [-0.15, -0.1) is 0 Å². The maximum atomic E-state index is 12.6. The standard InChI is InChI=1S/C17H24O4SSi/c1-17(2,3)23(4,5)21-13-11-15(18)16(12-13)22(19,20)14-9-7-6-8-10-14/h6-10,12-13H,11H2,1-5H3. The Hall–Kier alpha value is -1.24. The highest BCUT2D eigenvalue weighted by molar-refractivity contribution is 7.96. The third-order valence-electron chi connectivity index (χ3n) is 4.59. The number of rotatable bonds is 4. The van der Waals surface area contributed by atoms with Gasteiger partial charge in [-0.05, 0) is 36.3 Å². The van der Waals surface area contributed by atoms with Crippen molar-refractivity contribution in [3.63, 3.8) is 0 Å². The number of sulfone groups is 1. The summed E-state index contributed by atoms with van der Waals surface area (Å²) in [6.45, 7) is 10.5. The van der Waals surface area contributed by atoms with Crippen LogP contribution >= 0.6 is 0 Å². The van der Waals surface area contributed by atoms with Crippen molar-refractivity contribution < 1.29 is 17.6 Å². The van der Waals surface area contributed by atoms with Crippen molar-refractivity contribution in [3.05, 3.63) is 41.3 Å². The van der Waals surface area contributed by atoms with Crippen LogP contribution in [0.15, 0.2) is 46.2 Å². The molecule has 6 heteroatoms. The molecule has 2 rings (SSSR count). The number of ketones is 1. The van der Waals surface area contributed by atoms with E-state index in [-0.39, 0.29) is 27.0 Å². The molecular weight excluding hydrogens is 328 g/mol. The first-order valence-corrected chi connectivity index (χ1v) is 12.1. The second-order valence-electron chi connectivity index (χ2n) is 7.39. The Morgan fingerprint density at radius 2 is 1.70 bits per heavy atom. The van der Waals surface area contributed by atoms with Crippen LogP contribution < -0.4 is 0 Å². The van der Waals surface area contributed by atoms with Gasteiger partial charge in [0.25, 0.3) is 0 Å². The quantitative estimate of drug-likeness (QED) is 0.775. The molecule has 0 saturated carbocycles. The van der Waals surface area contributed by atoms with Gasteiger partial charge in [0.1, 0.15) is 4.91 Å². The molecule has 23 heavy (non-hydrogen) atoms. The van der Waals surface area contributed by atoms with E-state index in [4.69, 9.17) is 4.43 Å². The van der Waals surface area contributed by atoms with Gasteiger partial charge in [0, 0.05) is 6.42 Å². The van der Waals surface area contributed by atoms with Crippen LogP contribution in [0.25, 0.3) is 0 Å². The predicted molar refractivity (Wildman–Crippen MR) is 93.4 cm³/mol. The van der Waals surface area contributed by atoms with E-state index in [0.717, 1.165) is 0 Å². The molecule has 0 heterocycles. The second-order valence-corrected chi connectivity index (χ2v) is 14.1. The molecule has 1 atom stereocenters. The van der Waals surface area contributed by atoms with Crippen LogP contribution in [0, 0.1) is 0 Å². The molecule has 1 aliphatic carbocycles. The van der Waals surface area contributed by atoms with E-state index in [1.165, 1.54) is 18.2 Å². The summed E-state index contributed by atoms with van der Waals surface area (Å²) in [7, 11) is -5.82. The zero-order chi connectivity index (χ0) is 17.5. The Balaban J connectivity index is 2.30. The van der Waals surface area contributed by atoms with E-state index in [9.17, 15) is 13.2 Å². The van der Waals surface area contributed by atoms with Crippen LogP contribution in [-0.2, 0) is 19.1 Å². The van der Waals surface area contributed by atoms with Gasteiger partial charge >= 0.3 is 0 Å². The Labute approximate surface area is 139 Å². The number of hydrogen-bond donors (Lipinski definition) is 0. The van der Waals surface area contributed by atoms with Crippen LogP contribution in [-0.4, -0.2) is 28.6 Å². The van der Waals surface area contributed by atoms with Gasteiger partial charge in [-0.25, -0.2) is 8.42 Å². The summed E-state index contributed by atoms with van der Waals surface area (Å²) in [6, 6.07) is 8.05. The Morgan fingerprint density at radius 3 is 2.22 bits per heavy atom. The molecule has 0 N–H and O–H groups in total. The average molecular weight is 353 g/mol. The summed E-state index contributed by atoms with van der Waals surface area (Å²) in [5, 5.41) is 0.00491. The maximum Gasteiger partial charge on any atom is 0.209 e. The molecule has 0 amide bonds. The van der Waals surface area contributed by atoms with E-state index in [1.807, 2.05) is 0 Å². The summed E-state index contributed by atoms with van der Waals surface area (Å²) >= 11 is 0. The molecule has 1 aliphatic rings. The lowest BCUT2D eigenvalue weighted by molar-refractivity contribution is -0.115. The van der Waals surface area contributed by atoms with Gasteiger partial charge in [0.15, 0.2) is 14.1 Å². The first-order valence-electron chi connectivity index (χ1n) is 7.68. The molecule has 0 spiro atoms. The molecule has 1 aromatic rings. The minimum absolute atomic E-state index is 0.00491. The smallest absolute Gasteiger partial charge is 0.209 e. The number of allylic oxidation sites excluding steroid dienone is 1. The van der Waals surface area contributed by atoms with Gasteiger partial charge in [-0.3, -0.25) is 4.79 Å².